The fraction of sp³-hybridized carbons (Fsp3) is 0.238. The number of Topliss-reactive ketones (excluding diaryl/α,β-unsaturated/α-hetero) is 2. The van der Waals surface area contributed by atoms with E-state index in [9.17, 15) is 9.59 Å². The molecule has 1 aliphatic carbocycles. The van der Waals surface area contributed by atoms with Crippen molar-refractivity contribution in [2.24, 2.45) is 0 Å². The summed E-state index contributed by atoms with van der Waals surface area (Å²) in [5.74, 6) is 5.82. The molecule has 0 amide bonds. The molecule has 0 saturated carbocycles. The van der Waals surface area contributed by atoms with Gasteiger partial charge in [0.1, 0.15) is 5.41 Å². The number of benzene rings is 2. The van der Waals surface area contributed by atoms with Crippen molar-refractivity contribution in [3.63, 3.8) is 0 Å². The van der Waals surface area contributed by atoms with Crippen LogP contribution in [0.4, 0.5) is 0 Å². The van der Waals surface area contributed by atoms with E-state index < -0.39 is 5.41 Å². The third-order valence-electron chi connectivity index (χ3n) is 4.33. The van der Waals surface area contributed by atoms with Gasteiger partial charge in [-0.1, -0.05) is 60.5 Å². The molecule has 25 heavy (non-hydrogen) atoms. The van der Waals surface area contributed by atoms with E-state index in [0.717, 1.165) is 5.56 Å². The maximum atomic E-state index is 13.2. The van der Waals surface area contributed by atoms with Crippen molar-refractivity contribution in [2.45, 2.75) is 11.8 Å². The molecule has 0 saturated heterocycles. The van der Waals surface area contributed by atoms with Crippen LogP contribution in [0.15, 0.2) is 54.6 Å². The van der Waals surface area contributed by atoms with Gasteiger partial charge in [0.15, 0.2) is 11.6 Å². The van der Waals surface area contributed by atoms with Gasteiger partial charge in [-0.05, 0) is 19.7 Å². The van der Waals surface area contributed by atoms with Crippen molar-refractivity contribution in [3.05, 3.63) is 71.3 Å². The molecular formula is C21H20ClNO2. The molecule has 0 unspecified atom stereocenters. The molecule has 4 heteroatoms. The summed E-state index contributed by atoms with van der Waals surface area (Å²) in [5.41, 5.74) is 0.501. The van der Waals surface area contributed by atoms with Gasteiger partial charge < -0.3 is 0 Å². The number of nitrogens with zero attached hydrogens (tertiary/aromatic N) is 1. The molecule has 0 N–H and O–H groups in total. The van der Waals surface area contributed by atoms with Gasteiger partial charge in [0.2, 0.25) is 0 Å². The molecule has 3 rings (SSSR count). The zero-order chi connectivity index (χ0) is 17.2. The number of carbonyl (C=O) groups excluding carboxylic acids is 2. The maximum absolute atomic E-state index is 13.2. The highest BCUT2D eigenvalue weighted by Crippen LogP contribution is 2.41. The molecule has 0 atom stereocenters. The monoisotopic (exact) mass is 353 g/mol. The standard InChI is InChI=1S/C21H19NO2.ClH/c1-22(2)15-9-8-14-21(16-10-4-3-5-11-16)19(23)17-12-6-7-13-18(17)20(21)24;/h3-7,10-13H,14-15H2,1-2H3;1H. The van der Waals surface area contributed by atoms with E-state index in [2.05, 4.69) is 11.8 Å². The third-order valence-corrected chi connectivity index (χ3v) is 4.33. The van der Waals surface area contributed by atoms with Gasteiger partial charge in [-0.15, -0.1) is 18.3 Å². The summed E-state index contributed by atoms with van der Waals surface area (Å²) in [7, 11) is 3.87. The Morgan fingerprint density at radius 1 is 0.840 bits per heavy atom. The molecule has 0 aliphatic heterocycles. The topological polar surface area (TPSA) is 37.4 Å². The van der Waals surface area contributed by atoms with Crippen LogP contribution in [0.1, 0.15) is 32.7 Å². The summed E-state index contributed by atoms with van der Waals surface area (Å²) in [6, 6.07) is 16.3. The van der Waals surface area contributed by atoms with Gasteiger partial charge in [0.25, 0.3) is 0 Å². The van der Waals surface area contributed by atoms with Gasteiger partial charge in [-0.2, -0.15) is 0 Å². The first kappa shape index (κ1) is 18.9. The van der Waals surface area contributed by atoms with Crippen LogP contribution >= 0.6 is 12.4 Å². The fourth-order valence-corrected chi connectivity index (χ4v) is 3.10. The van der Waals surface area contributed by atoms with E-state index in [4.69, 9.17) is 0 Å². The minimum absolute atomic E-state index is 0. The van der Waals surface area contributed by atoms with Gasteiger partial charge >= 0.3 is 0 Å². The Balaban J connectivity index is 0.00000225. The van der Waals surface area contributed by atoms with Crippen LogP contribution < -0.4 is 0 Å². The van der Waals surface area contributed by atoms with Crippen molar-refractivity contribution >= 4 is 24.0 Å². The van der Waals surface area contributed by atoms with Crippen molar-refractivity contribution in [1.29, 1.82) is 0 Å². The number of ketones is 2. The molecule has 2 aromatic carbocycles. The van der Waals surface area contributed by atoms with Crippen molar-refractivity contribution in [2.75, 3.05) is 20.6 Å². The Morgan fingerprint density at radius 3 is 1.88 bits per heavy atom. The van der Waals surface area contributed by atoms with Crippen LogP contribution in [0.5, 0.6) is 0 Å². The largest absolute Gasteiger partial charge is 0.299 e. The van der Waals surface area contributed by atoms with Gasteiger partial charge in [-0.25, -0.2) is 0 Å². The van der Waals surface area contributed by atoms with E-state index in [-0.39, 0.29) is 30.4 Å². The Hall–Kier alpha value is -2.41. The van der Waals surface area contributed by atoms with E-state index in [0.29, 0.717) is 17.7 Å². The van der Waals surface area contributed by atoms with Crippen LogP contribution in [-0.2, 0) is 5.41 Å². The number of fused-ring (bicyclic) bond motifs is 1. The van der Waals surface area contributed by atoms with E-state index >= 15 is 0 Å². The van der Waals surface area contributed by atoms with Crippen LogP contribution in [0, 0.1) is 11.8 Å². The molecule has 0 bridgehead atoms. The lowest BCUT2D eigenvalue weighted by molar-refractivity contribution is 0.0798. The molecule has 3 nitrogen and oxygen atoms in total. The van der Waals surface area contributed by atoms with E-state index in [1.807, 2.05) is 49.3 Å². The average Bonchev–Trinajstić information content (AvgIpc) is 2.82. The number of hydrogen-bond acceptors (Lipinski definition) is 3. The number of hydrogen-bond donors (Lipinski definition) is 0. The molecule has 128 valence electrons. The summed E-state index contributed by atoms with van der Waals surface area (Å²) < 4.78 is 0. The van der Waals surface area contributed by atoms with E-state index in [1.54, 1.807) is 24.3 Å². The zero-order valence-corrected chi connectivity index (χ0v) is 15.1. The minimum Gasteiger partial charge on any atom is -0.299 e. The molecule has 0 fully saturated rings. The van der Waals surface area contributed by atoms with Crippen LogP contribution in [0.25, 0.3) is 0 Å². The highest BCUT2D eigenvalue weighted by Gasteiger charge is 2.53. The Bertz CT molecular complexity index is 812. The smallest absolute Gasteiger partial charge is 0.182 e. The number of carbonyl (C=O) groups is 2. The lowest BCUT2D eigenvalue weighted by Crippen LogP contribution is -2.38. The molecule has 1 aliphatic rings. The van der Waals surface area contributed by atoms with E-state index in [1.165, 1.54) is 0 Å². The predicted molar refractivity (Wildman–Crippen MR) is 101 cm³/mol. The first-order chi connectivity index (χ1) is 11.6. The van der Waals surface area contributed by atoms with Crippen molar-refractivity contribution in [1.82, 2.24) is 4.90 Å². The lowest BCUT2D eigenvalue weighted by Gasteiger charge is -2.24. The number of halogens is 1. The summed E-state index contributed by atoms with van der Waals surface area (Å²) in [6.07, 6.45) is 0.206. The average molecular weight is 354 g/mol. The van der Waals surface area contributed by atoms with Gasteiger partial charge in [0, 0.05) is 17.5 Å². The summed E-state index contributed by atoms with van der Waals surface area (Å²) >= 11 is 0. The van der Waals surface area contributed by atoms with Crippen LogP contribution in [0.3, 0.4) is 0 Å². The SMILES string of the molecule is CN(C)CC#CCC1(c2ccccc2)C(=O)c2ccccc2C1=O.Cl. The Kier molecular flexibility index (Phi) is 5.79. The normalized spacial score (nSPS) is 14.5. The summed E-state index contributed by atoms with van der Waals surface area (Å²) in [5, 5.41) is 0. The number of rotatable bonds is 3. The lowest BCUT2D eigenvalue weighted by atomic mass is 9.73. The van der Waals surface area contributed by atoms with Gasteiger partial charge in [-0.3, -0.25) is 14.5 Å². The second-order valence-corrected chi connectivity index (χ2v) is 6.24. The minimum atomic E-state index is -1.22. The second kappa shape index (κ2) is 7.65. The first-order valence-corrected chi connectivity index (χ1v) is 7.92. The van der Waals surface area contributed by atoms with Gasteiger partial charge in [0.05, 0.1) is 6.54 Å². The Morgan fingerprint density at radius 2 is 1.36 bits per heavy atom. The van der Waals surface area contributed by atoms with Crippen molar-refractivity contribution in [3.8, 4) is 11.8 Å². The zero-order valence-electron chi connectivity index (χ0n) is 14.3. The highest BCUT2D eigenvalue weighted by molar-refractivity contribution is 6.33. The first-order valence-electron chi connectivity index (χ1n) is 7.92. The molecule has 2 aromatic rings. The quantitative estimate of drug-likeness (QED) is 0.627. The molecule has 0 aromatic heterocycles. The molecule has 0 heterocycles. The fourth-order valence-electron chi connectivity index (χ4n) is 3.10. The summed E-state index contributed by atoms with van der Waals surface area (Å²) in [6.45, 7) is 0.597. The predicted octanol–water partition coefficient (Wildman–Crippen LogP) is 3.38. The van der Waals surface area contributed by atoms with Crippen molar-refractivity contribution < 1.29 is 9.59 Å². The molecular weight excluding hydrogens is 334 g/mol. The summed E-state index contributed by atoms with van der Waals surface area (Å²) in [4.78, 5) is 28.3. The maximum Gasteiger partial charge on any atom is 0.182 e. The molecule has 0 radical (unpaired) electrons. The Labute approximate surface area is 154 Å². The van der Waals surface area contributed by atoms with Crippen LogP contribution in [-0.4, -0.2) is 37.1 Å². The second-order valence-electron chi connectivity index (χ2n) is 6.24. The third kappa shape index (κ3) is 3.24. The molecule has 0 spiro atoms. The van der Waals surface area contributed by atoms with Crippen LogP contribution in [0.2, 0.25) is 0 Å². The highest BCUT2D eigenvalue weighted by atomic mass is 35.5.